The lowest BCUT2D eigenvalue weighted by molar-refractivity contribution is -0.117. The van der Waals surface area contributed by atoms with Gasteiger partial charge in [-0.1, -0.05) is 54.2 Å². The SMILES string of the molecule is Cc1ccc(C)c(-n2ccnc2SC(C(N)=O)c2ccccc2)c1. The highest BCUT2D eigenvalue weighted by molar-refractivity contribution is 8.00. The number of aromatic nitrogens is 2. The molecule has 0 fully saturated rings. The number of benzene rings is 2. The molecule has 4 nitrogen and oxygen atoms in total. The molecule has 0 aliphatic rings. The van der Waals surface area contributed by atoms with E-state index in [-0.39, 0.29) is 5.91 Å². The predicted octanol–water partition coefficient (Wildman–Crippen LogP) is 3.81. The molecular formula is C19H19N3OS. The van der Waals surface area contributed by atoms with Crippen molar-refractivity contribution in [2.75, 3.05) is 0 Å². The van der Waals surface area contributed by atoms with Gasteiger partial charge < -0.3 is 5.73 Å². The van der Waals surface area contributed by atoms with Gasteiger partial charge in [-0.25, -0.2) is 4.98 Å². The van der Waals surface area contributed by atoms with Gasteiger partial charge in [0, 0.05) is 12.4 Å². The van der Waals surface area contributed by atoms with Crippen LogP contribution in [0.3, 0.4) is 0 Å². The molecule has 0 bridgehead atoms. The molecule has 1 atom stereocenters. The third kappa shape index (κ3) is 3.36. The van der Waals surface area contributed by atoms with Gasteiger partial charge in [-0.15, -0.1) is 0 Å². The highest BCUT2D eigenvalue weighted by Crippen LogP contribution is 2.35. The number of rotatable bonds is 5. The highest BCUT2D eigenvalue weighted by atomic mass is 32.2. The van der Waals surface area contributed by atoms with Crippen LogP contribution in [-0.4, -0.2) is 15.5 Å². The summed E-state index contributed by atoms with van der Waals surface area (Å²) < 4.78 is 2.01. The number of nitrogens with zero attached hydrogens (tertiary/aromatic N) is 2. The average Bonchev–Trinajstić information content (AvgIpc) is 3.03. The standard InChI is InChI=1S/C19H19N3OS/c1-13-8-9-14(2)16(12-13)22-11-10-21-19(22)24-17(18(20)23)15-6-4-3-5-7-15/h3-12,17H,1-2H3,(H2,20,23). The van der Waals surface area contributed by atoms with E-state index in [2.05, 4.69) is 37.0 Å². The second-order valence-electron chi connectivity index (χ2n) is 5.68. The number of primary amides is 1. The van der Waals surface area contributed by atoms with Crippen LogP contribution >= 0.6 is 11.8 Å². The third-order valence-electron chi connectivity index (χ3n) is 3.81. The molecule has 3 rings (SSSR count). The molecule has 3 aromatic rings. The van der Waals surface area contributed by atoms with Gasteiger partial charge in [0.15, 0.2) is 5.16 Å². The summed E-state index contributed by atoms with van der Waals surface area (Å²) in [6.07, 6.45) is 3.65. The number of aryl methyl sites for hydroxylation is 2. The molecule has 1 unspecified atom stereocenters. The van der Waals surface area contributed by atoms with Crippen LogP contribution in [-0.2, 0) is 4.79 Å². The maximum Gasteiger partial charge on any atom is 0.235 e. The summed E-state index contributed by atoms with van der Waals surface area (Å²) in [7, 11) is 0. The van der Waals surface area contributed by atoms with Gasteiger partial charge in [-0.3, -0.25) is 9.36 Å². The van der Waals surface area contributed by atoms with Crippen molar-refractivity contribution in [2.45, 2.75) is 24.3 Å². The minimum atomic E-state index is -0.475. The number of hydrogen-bond acceptors (Lipinski definition) is 3. The van der Waals surface area contributed by atoms with Crippen molar-refractivity contribution >= 4 is 17.7 Å². The van der Waals surface area contributed by atoms with E-state index in [0.717, 1.165) is 22.0 Å². The van der Waals surface area contributed by atoms with Gasteiger partial charge in [0.05, 0.1) is 5.69 Å². The second kappa shape index (κ2) is 6.93. The van der Waals surface area contributed by atoms with Crippen LogP contribution in [0.5, 0.6) is 0 Å². The summed E-state index contributed by atoms with van der Waals surface area (Å²) in [6, 6.07) is 15.8. The fourth-order valence-corrected chi connectivity index (χ4v) is 3.58. The number of thioether (sulfide) groups is 1. The van der Waals surface area contributed by atoms with Gasteiger partial charge in [0.25, 0.3) is 0 Å². The lowest BCUT2D eigenvalue weighted by Crippen LogP contribution is -2.19. The number of carbonyl (C=O) groups excluding carboxylic acids is 1. The number of nitrogens with two attached hydrogens (primary N) is 1. The van der Waals surface area contributed by atoms with E-state index in [9.17, 15) is 4.79 Å². The summed E-state index contributed by atoms with van der Waals surface area (Å²) >= 11 is 1.37. The van der Waals surface area contributed by atoms with Crippen LogP contribution in [0.25, 0.3) is 5.69 Å². The van der Waals surface area contributed by atoms with Gasteiger partial charge >= 0.3 is 0 Å². The first-order chi connectivity index (χ1) is 11.6. The largest absolute Gasteiger partial charge is 0.368 e. The van der Waals surface area contributed by atoms with Crippen LogP contribution in [0.15, 0.2) is 66.1 Å². The summed E-state index contributed by atoms with van der Waals surface area (Å²) in [6.45, 7) is 4.12. The van der Waals surface area contributed by atoms with E-state index in [1.807, 2.05) is 41.1 Å². The fourth-order valence-electron chi connectivity index (χ4n) is 2.56. The number of amides is 1. The molecular weight excluding hydrogens is 318 g/mol. The van der Waals surface area contributed by atoms with Gasteiger partial charge in [-0.2, -0.15) is 0 Å². The molecule has 0 spiro atoms. The maximum atomic E-state index is 12.0. The Morgan fingerprint density at radius 2 is 1.92 bits per heavy atom. The van der Waals surface area contributed by atoms with Crippen LogP contribution in [0.4, 0.5) is 0 Å². The van der Waals surface area contributed by atoms with Crippen molar-refractivity contribution < 1.29 is 4.79 Å². The quantitative estimate of drug-likeness (QED) is 0.720. The molecule has 2 aromatic carbocycles. The molecule has 5 heteroatoms. The fraction of sp³-hybridized carbons (Fsp3) is 0.158. The first kappa shape index (κ1) is 16.3. The Morgan fingerprint density at radius 1 is 1.17 bits per heavy atom. The zero-order valence-corrected chi connectivity index (χ0v) is 14.5. The van der Waals surface area contributed by atoms with E-state index in [4.69, 9.17) is 5.73 Å². The van der Waals surface area contributed by atoms with Crippen LogP contribution in [0, 0.1) is 13.8 Å². The van der Waals surface area contributed by atoms with Gasteiger partial charge in [-0.05, 0) is 36.6 Å². The third-order valence-corrected chi connectivity index (χ3v) is 5.07. The second-order valence-corrected chi connectivity index (χ2v) is 6.75. The molecule has 122 valence electrons. The lowest BCUT2D eigenvalue weighted by atomic mass is 10.1. The summed E-state index contributed by atoms with van der Waals surface area (Å²) in [5, 5.41) is 0.272. The molecule has 0 aliphatic heterocycles. The van der Waals surface area contributed by atoms with Crippen LogP contribution < -0.4 is 5.73 Å². The molecule has 0 saturated carbocycles. The molecule has 1 amide bonds. The van der Waals surface area contributed by atoms with Gasteiger partial charge in [0.1, 0.15) is 5.25 Å². The van der Waals surface area contributed by atoms with E-state index < -0.39 is 5.25 Å². The molecule has 1 aromatic heterocycles. The maximum absolute atomic E-state index is 12.0. The van der Waals surface area contributed by atoms with Crippen molar-refractivity contribution in [3.63, 3.8) is 0 Å². The molecule has 2 N–H and O–H groups in total. The number of hydrogen-bond donors (Lipinski definition) is 1. The minimum absolute atomic E-state index is 0.373. The Morgan fingerprint density at radius 3 is 2.62 bits per heavy atom. The Balaban J connectivity index is 1.98. The summed E-state index contributed by atoms with van der Waals surface area (Å²) in [4.78, 5) is 16.4. The topological polar surface area (TPSA) is 60.9 Å². The van der Waals surface area contributed by atoms with E-state index >= 15 is 0 Å². The van der Waals surface area contributed by atoms with Crippen molar-refractivity contribution in [1.29, 1.82) is 0 Å². The van der Waals surface area contributed by atoms with Crippen molar-refractivity contribution in [1.82, 2.24) is 9.55 Å². The average molecular weight is 337 g/mol. The smallest absolute Gasteiger partial charge is 0.235 e. The molecule has 1 heterocycles. The Labute approximate surface area is 145 Å². The highest BCUT2D eigenvalue weighted by Gasteiger charge is 2.22. The van der Waals surface area contributed by atoms with Crippen molar-refractivity contribution in [3.05, 3.63) is 77.6 Å². The zero-order valence-electron chi connectivity index (χ0n) is 13.6. The number of carbonyl (C=O) groups is 1. The molecule has 0 radical (unpaired) electrons. The Bertz CT molecular complexity index is 858. The Hall–Kier alpha value is -2.53. The van der Waals surface area contributed by atoms with Crippen molar-refractivity contribution in [2.24, 2.45) is 5.73 Å². The zero-order chi connectivity index (χ0) is 17.1. The predicted molar refractivity (Wildman–Crippen MR) is 97.3 cm³/mol. The van der Waals surface area contributed by atoms with E-state index in [1.54, 1.807) is 6.20 Å². The summed E-state index contributed by atoms with van der Waals surface area (Å²) in [5.74, 6) is -0.373. The van der Waals surface area contributed by atoms with E-state index in [1.165, 1.54) is 17.3 Å². The monoisotopic (exact) mass is 337 g/mol. The van der Waals surface area contributed by atoms with Gasteiger partial charge in [0.2, 0.25) is 5.91 Å². The van der Waals surface area contributed by atoms with Crippen molar-refractivity contribution in [3.8, 4) is 5.69 Å². The van der Waals surface area contributed by atoms with E-state index in [0.29, 0.717) is 0 Å². The van der Waals surface area contributed by atoms with Crippen LogP contribution in [0.2, 0.25) is 0 Å². The minimum Gasteiger partial charge on any atom is -0.368 e. The summed E-state index contributed by atoms with van der Waals surface area (Å²) in [5.41, 5.74) is 9.90. The van der Waals surface area contributed by atoms with Crippen LogP contribution in [0.1, 0.15) is 21.9 Å². The molecule has 0 saturated heterocycles. The lowest BCUT2D eigenvalue weighted by Gasteiger charge is -2.16. The Kier molecular flexibility index (Phi) is 4.71. The molecule has 24 heavy (non-hydrogen) atoms. The normalized spacial score (nSPS) is 12.1. The number of imidazole rings is 1. The first-order valence-electron chi connectivity index (χ1n) is 7.68. The first-order valence-corrected chi connectivity index (χ1v) is 8.56. The molecule has 0 aliphatic carbocycles.